The summed E-state index contributed by atoms with van der Waals surface area (Å²) in [6.07, 6.45) is 0. The molecule has 0 spiro atoms. The van der Waals surface area contributed by atoms with Gasteiger partial charge < -0.3 is 4.74 Å². The molecule has 0 aliphatic carbocycles. The van der Waals surface area contributed by atoms with Gasteiger partial charge in [0.25, 0.3) is 9.05 Å². The first-order valence-electron chi connectivity index (χ1n) is 5.04. The van der Waals surface area contributed by atoms with E-state index in [9.17, 15) is 13.2 Å². The number of hydrogen-bond donors (Lipinski definition) is 0. The maximum absolute atomic E-state index is 11.3. The third-order valence-electron chi connectivity index (χ3n) is 2.33. The summed E-state index contributed by atoms with van der Waals surface area (Å²) < 4.78 is 27.7. The summed E-state index contributed by atoms with van der Waals surface area (Å²) in [6.45, 7) is 1.25. The molecule has 0 aliphatic rings. The molecule has 0 fully saturated rings. The van der Waals surface area contributed by atoms with E-state index in [-0.39, 0.29) is 10.6 Å². The number of fused-ring (bicyclic) bond motifs is 1. The first kappa shape index (κ1) is 12.9. The Hall–Kier alpha value is -1.59. The Morgan fingerprint density at radius 2 is 1.89 bits per heavy atom. The lowest BCUT2D eigenvalue weighted by Crippen LogP contribution is -2.03. The summed E-state index contributed by atoms with van der Waals surface area (Å²) in [7, 11) is 1.43. The van der Waals surface area contributed by atoms with Gasteiger partial charge in [0.15, 0.2) is 0 Å². The van der Waals surface area contributed by atoms with Crippen molar-refractivity contribution in [1.82, 2.24) is 0 Å². The highest BCUT2D eigenvalue weighted by Crippen LogP contribution is 2.31. The molecular weight excluding hydrogens is 276 g/mol. The van der Waals surface area contributed by atoms with Crippen LogP contribution < -0.4 is 4.74 Å². The second-order valence-electron chi connectivity index (χ2n) is 3.67. The largest absolute Gasteiger partial charge is 0.426 e. The fraction of sp³-hybridized carbons (Fsp3) is 0.0833. The lowest BCUT2D eigenvalue weighted by atomic mass is 10.1. The van der Waals surface area contributed by atoms with E-state index in [1.54, 1.807) is 24.3 Å². The molecule has 2 aromatic carbocycles. The second-order valence-corrected chi connectivity index (χ2v) is 6.24. The highest BCUT2D eigenvalue weighted by atomic mass is 35.7. The zero-order valence-corrected chi connectivity index (χ0v) is 11.0. The smallest absolute Gasteiger partial charge is 0.308 e. The van der Waals surface area contributed by atoms with Gasteiger partial charge in [0.1, 0.15) is 5.75 Å². The van der Waals surface area contributed by atoms with Crippen molar-refractivity contribution >= 4 is 36.5 Å². The quantitative estimate of drug-likeness (QED) is 0.483. The van der Waals surface area contributed by atoms with Gasteiger partial charge in [-0.25, -0.2) is 8.42 Å². The Balaban J connectivity index is 2.76. The molecule has 0 bridgehead atoms. The van der Waals surface area contributed by atoms with Crippen LogP contribution in [-0.4, -0.2) is 14.4 Å². The first-order chi connectivity index (χ1) is 8.38. The van der Waals surface area contributed by atoms with Crippen molar-refractivity contribution in [3.8, 4) is 5.75 Å². The number of hydrogen-bond acceptors (Lipinski definition) is 4. The van der Waals surface area contributed by atoms with Gasteiger partial charge in [0, 0.05) is 29.1 Å². The first-order valence-corrected chi connectivity index (χ1v) is 7.35. The van der Waals surface area contributed by atoms with E-state index in [4.69, 9.17) is 15.4 Å². The predicted octanol–water partition coefficient (Wildman–Crippen LogP) is 2.69. The molecule has 0 atom stereocenters. The highest BCUT2D eigenvalue weighted by molar-refractivity contribution is 8.13. The molecule has 0 aromatic heterocycles. The number of benzene rings is 2. The minimum Gasteiger partial charge on any atom is -0.426 e. The molecule has 94 valence electrons. The minimum absolute atomic E-state index is 0.0980. The fourth-order valence-electron chi connectivity index (χ4n) is 1.63. The molecular formula is C12H9ClO4S. The van der Waals surface area contributed by atoms with E-state index in [1.165, 1.54) is 19.1 Å². The Morgan fingerprint density at radius 1 is 1.22 bits per heavy atom. The Morgan fingerprint density at radius 3 is 2.50 bits per heavy atom. The number of esters is 1. The van der Waals surface area contributed by atoms with Crippen molar-refractivity contribution in [3.05, 3.63) is 36.4 Å². The summed E-state index contributed by atoms with van der Waals surface area (Å²) >= 11 is 0. The molecule has 2 rings (SSSR count). The zero-order valence-electron chi connectivity index (χ0n) is 9.38. The van der Waals surface area contributed by atoms with Gasteiger partial charge in [-0.1, -0.05) is 24.3 Å². The van der Waals surface area contributed by atoms with Crippen LogP contribution in [0.2, 0.25) is 0 Å². The number of carbonyl (C=O) groups excluding carboxylic acids is 1. The van der Waals surface area contributed by atoms with Crippen molar-refractivity contribution < 1.29 is 17.9 Å². The average molecular weight is 285 g/mol. The van der Waals surface area contributed by atoms with Crippen LogP contribution in [0.5, 0.6) is 5.75 Å². The topological polar surface area (TPSA) is 60.4 Å². The molecule has 18 heavy (non-hydrogen) atoms. The van der Waals surface area contributed by atoms with Gasteiger partial charge in [0.05, 0.1) is 4.90 Å². The summed E-state index contributed by atoms with van der Waals surface area (Å²) in [6, 6.07) is 9.65. The molecule has 0 aliphatic heterocycles. The predicted molar refractivity (Wildman–Crippen MR) is 68.3 cm³/mol. The normalized spacial score (nSPS) is 11.4. The van der Waals surface area contributed by atoms with E-state index in [0.29, 0.717) is 10.8 Å². The molecule has 2 aromatic rings. The van der Waals surface area contributed by atoms with Crippen molar-refractivity contribution in [2.24, 2.45) is 0 Å². The van der Waals surface area contributed by atoms with E-state index < -0.39 is 15.0 Å². The van der Waals surface area contributed by atoms with Crippen molar-refractivity contribution in [2.45, 2.75) is 11.8 Å². The van der Waals surface area contributed by atoms with Gasteiger partial charge in [-0.15, -0.1) is 0 Å². The van der Waals surface area contributed by atoms with Gasteiger partial charge in [0.2, 0.25) is 0 Å². The zero-order chi connectivity index (χ0) is 13.3. The minimum atomic E-state index is -3.87. The third-order valence-corrected chi connectivity index (χ3v) is 3.67. The van der Waals surface area contributed by atoms with Crippen LogP contribution in [0.4, 0.5) is 0 Å². The highest BCUT2D eigenvalue weighted by Gasteiger charge is 2.15. The van der Waals surface area contributed by atoms with Crippen molar-refractivity contribution in [1.29, 1.82) is 0 Å². The van der Waals surface area contributed by atoms with Crippen molar-refractivity contribution in [2.75, 3.05) is 0 Å². The second kappa shape index (κ2) is 4.59. The fourth-order valence-corrected chi connectivity index (χ4v) is 2.41. The number of ether oxygens (including phenoxy) is 1. The van der Waals surface area contributed by atoms with Crippen LogP contribution >= 0.6 is 10.7 Å². The molecule has 0 saturated heterocycles. The molecule has 0 N–H and O–H groups in total. The molecule has 6 heteroatoms. The van der Waals surface area contributed by atoms with Crippen LogP contribution in [0.25, 0.3) is 10.8 Å². The Bertz CT molecular complexity index is 722. The maximum atomic E-state index is 11.3. The lowest BCUT2D eigenvalue weighted by molar-refractivity contribution is -0.131. The summed E-state index contributed by atoms with van der Waals surface area (Å²) in [5.41, 5.74) is 0. The number of halogens is 1. The summed E-state index contributed by atoms with van der Waals surface area (Å²) in [5.74, 6) is -0.343. The van der Waals surface area contributed by atoms with Crippen LogP contribution in [0.15, 0.2) is 41.3 Å². The average Bonchev–Trinajstić information content (AvgIpc) is 2.27. The van der Waals surface area contributed by atoms with E-state index in [0.717, 1.165) is 0 Å². The molecule has 0 radical (unpaired) electrons. The molecule has 4 nitrogen and oxygen atoms in total. The molecule has 0 saturated carbocycles. The Kier molecular flexibility index (Phi) is 3.28. The van der Waals surface area contributed by atoms with Gasteiger partial charge >= 0.3 is 5.97 Å². The molecule has 0 amide bonds. The Labute approximate surface area is 109 Å². The molecule has 0 unspecified atom stereocenters. The van der Waals surface area contributed by atoms with E-state index >= 15 is 0 Å². The van der Waals surface area contributed by atoms with Crippen LogP contribution in [0, 0.1) is 0 Å². The van der Waals surface area contributed by atoms with Crippen LogP contribution in [-0.2, 0) is 13.8 Å². The van der Waals surface area contributed by atoms with E-state index in [2.05, 4.69) is 0 Å². The van der Waals surface area contributed by atoms with Gasteiger partial charge in [-0.05, 0) is 11.5 Å². The van der Waals surface area contributed by atoms with Gasteiger partial charge in [-0.2, -0.15) is 0 Å². The summed E-state index contributed by atoms with van der Waals surface area (Å²) in [4.78, 5) is 10.9. The lowest BCUT2D eigenvalue weighted by Gasteiger charge is -2.08. The number of carbonyl (C=O) groups is 1. The van der Waals surface area contributed by atoms with Crippen LogP contribution in [0.1, 0.15) is 6.92 Å². The van der Waals surface area contributed by atoms with Crippen molar-refractivity contribution in [3.63, 3.8) is 0 Å². The SMILES string of the molecule is CC(=O)Oc1cc(S(=O)(=O)Cl)cc2ccccc12. The van der Waals surface area contributed by atoms with Crippen LogP contribution in [0.3, 0.4) is 0 Å². The van der Waals surface area contributed by atoms with E-state index in [1.807, 2.05) is 0 Å². The maximum Gasteiger partial charge on any atom is 0.308 e. The number of rotatable bonds is 2. The third kappa shape index (κ3) is 2.63. The monoisotopic (exact) mass is 284 g/mol. The summed E-state index contributed by atoms with van der Waals surface area (Å²) in [5, 5.41) is 1.28. The van der Waals surface area contributed by atoms with Gasteiger partial charge in [-0.3, -0.25) is 4.79 Å². The standard InChI is InChI=1S/C12H9ClO4S/c1-8(14)17-12-7-10(18(13,15)16)6-9-4-2-3-5-11(9)12/h2-7H,1H3. The molecule has 0 heterocycles.